The molecule has 6 nitrogen and oxygen atoms in total. The van der Waals surface area contributed by atoms with Crippen molar-refractivity contribution < 1.29 is 19.4 Å². The van der Waals surface area contributed by atoms with Crippen molar-refractivity contribution in [3.05, 3.63) is 65.2 Å². The van der Waals surface area contributed by atoms with Crippen LogP contribution in [0.25, 0.3) is 0 Å². The minimum Gasteiger partial charge on any atom is -0.478 e. The minimum absolute atomic E-state index is 0.0809. The van der Waals surface area contributed by atoms with Gasteiger partial charge in [0.15, 0.2) is 0 Å². The number of amides is 1. The molecule has 1 atom stereocenters. The molecule has 3 fully saturated rings. The maximum Gasteiger partial charge on any atom is 0.414 e. The van der Waals surface area contributed by atoms with E-state index in [2.05, 4.69) is 4.90 Å². The van der Waals surface area contributed by atoms with Crippen LogP contribution < -0.4 is 4.90 Å². The zero-order valence-corrected chi connectivity index (χ0v) is 16.6. The molecule has 3 saturated heterocycles. The number of carbonyl (C=O) groups is 2. The highest BCUT2D eigenvalue weighted by Crippen LogP contribution is 2.31. The second-order valence-electron chi connectivity index (χ2n) is 7.99. The summed E-state index contributed by atoms with van der Waals surface area (Å²) in [6, 6.07) is 14.4. The molecule has 2 aromatic carbocycles. The number of fused-ring (bicyclic) bond motifs is 3. The predicted octanol–water partition coefficient (Wildman–Crippen LogP) is 3.93. The van der Waals surface area contributed by atoms with Crippen molar-refractivity contribution in [2.75, 3.05) is 24.5 Å². The van der Waals surface area contributed by atoms with E-state index in [4.69, 9.17) is 4.74 Å². The standard InChI is InChI=1S/C23H26N2O4/c1-16-4-2-7-20(12-16)25(14-17-5-3-6-19(13-17)22(26)27)23(28)29-21-15-24-10-8-18(21)9-11-24/h2-7,12-13,18,21H,8-11,14-15H2,1H3,(H,26,27)/t21-/m0/s1. The monoisotopic (exact) mass is 394 g/mol. The van der Waals surface area contributed by atoms with E-state index >= 15 is 0 Å². The zero-order valence-electron chi connectivity index (χ0n) is 16.6. The third kappa shape index (κ3) is 4.43. The molecular formula is C23H26N2O4. The van der Waals surface area contributed by atoms with E-state index in [-0.39, 0.29) is 24.3 Å². The van der Waals surface area contributed by atoms with Crippen LogP contribution in [0.4, 0.5) is 10.5 Å². The highest BCUT2D eigenvalue weighted by atomic mass is 16.6. The van der Waals surface area contributed by atoms with Gasteiger partial charge in [-0.3, -0.25) is 9.80 Å². The number of aryl methyl sites for hydroxylation is 1. The van der Waals surface area contributed by atoms with Gasteiger partial charge in [-0.05, 0) is 74.2 Å². The summed E-state index contributed by atoms with van der Waals surface area (Å²) in [6.07, 6.45) is 1.68. The number of aromatic carboxylic acids is 1. The highest BCUT2D eigenvalue weighted by molar-refractivity contribution is 5.89. The molecule has 0 radical (unpaired) electrons. The van der Waals surface area contributed by atoms with Crippen LogP contribution in [-0.4, -0.2) is 47.8 Å². The number of benzene rings is 2. The Morgan fingerprint density at radius 3 is 2.55 bits per heavy atom. The van der Waals surface area contributed by atoms with E-state index in [9.17, 15) is 14.7 Å². The second kappa shape index (κ2) is 8.25. The molecule has 2 bridgehead atoms. The quantitative estimate of drug-likeness (QED) is 0.832. The Bertz CT molecular complexity index is 905. The number of ether oxygens (including phenoxy) is 1. The van der Waals surface area contributed by atoms with Crippen LogP contribution in [0.15, 0.2) is 48.5 Å². The Hall–Kier alpha value is -2.86. The zero-order chi connectivity index (χ0) is 20.4. The average molecular weight is 394 g/mol. The third-order valence-electron chi connectivity index (χ3n) is 5.90. The average Bonchev–Trinajstić information content (AvgIpc) is 2.73. The molecule has 152 valence electrons. The van der Waals surface area contributed by atoms with Crippen molar-refractivity contribution in [2.24, 2.45) is 5.92 Å². The number of nitrogens with zero attached hydrogens (tertiary/aromatic N) is 2. The van der Waals surface area contributed by atoms with E-state index in [1.807, 2.05) is 37.3 Å². The molecule has 29 heavy (non-hydrogen) atoms. The van der Waals surface area contributed by atoms with Crippen molar-refractivity contribution in [2.45, 2.75) is 32.4 Å². The minimum atomic E-state index is -0.983. The maximum atomic E-state index is 13.2. The molecule has 3 heterocycles. The van der Waals surface area contributed by atoms with Gasteiger partial charge >= 0.3 is 12.1 Å². The molecule has 0 spiro atoms. The van der Waals surface area contributed by atoms with Gasteiger partial charge in [0, 0.05) is 12.2 Å². The number of rotatable bonds is 5. The number of carboxylic acid groups (broad SMARTS) is 1. The number of carboxylic acids is 1. The molecule has 0 saturated carbocycles. The van der Waals surface area contributed by atoms with Crippen LogP contribution in [0.1, 0.15) is 34.3 Å². The molecule has 3 aliphatic heterocycles. The van der Waals surface area contributed by atoms with Gasteiger partial charge in [0.05, 0.1) is 12.1 Å². The van der Waals surface area contributed by atoms with Gasteiger partial charge in [-0.1, -0.05) is 24.3 Å². The fourth-order valence-electron chi connectivity index (χ4n) is 4.28. The summed E-state index contributed by atoms with van der Waals surface area (Å²) in [6.45, 7) is 5.20. The van der Waals surface area contributed by atoms with Gasteiger partial charge in [0.25, 0.3) is 0 Å². The van der Waals surface area contributed by atoms with Gasteiger partial charge in [-0.2, -0.15) is 0 Å². The lowest BCUT2D eigenvalue weighted by Crippen LogP contribution is -2.53. The molecular weight excluding hydrogens is 368 g/mol. The summed E-state index contributed by atoms with van der Waals surface area (Å²) in [5, 5.41) is 9.27. The molecule has 1 N–H and O–H groups in total. The predicted molar refractivity (Wildman–Crippen MR) is 110 cm³/mol. The molecule has 1 amide bonds. The topological polar surface area (TPSA) is 70.1 Å². The number of anilines is 1. The third-order valence-corrected chi connectivity index (χ3v) is 5.90. The van der Waals surface area contributed by atoms with Crippen molar-refractivity contribution >= 4 is 17.7 Å². The van der Waals surface area contributed by atoms with E-state index < -0.39 is 5.97 Å². The SMILES string of the molecule is Cc1cccc(N(Cc2cccc(C(=O)O)c2)C(=O)O[C@H]2CN3CCC2CC3)c1. The smallest absolute Gasteiger partial charge is 0.414 e. The van der Waals surface area contributed by atoms with Crippen LogP contribution in [-0.2, 0) is 11.3 Å². The van der Waals surface area contributed by atoms with Crippen LogP contribution >= 0.6 is 0 Å². The van der Waals surface area contributed by atoms with Crippen LogP contribution in [0.3, 0.4) is 0 Å². The summed E-state index contributed by atoms with van der Waals surface area (Å²) in [7, 11) is 0. The second-order valence-corrected chi connectivity index (χ2v) is 7.99. The van der Waals surface area contributed by atoms with E-state index in [0.717, 1.165) is 49.3 Å². The summed E-state index contributed by atoms with van der Waals surface area (Å²) >= 11 is 0. The first-order valence-corrected chi connectivity index (χ1v) is 10.1. The first-order valence-electron chi connectivity index (χ1n) is 10.1. The van der Waals surface area contributed by atoms with Crippen LogP contribution in [0.2, 0.25) is 0 Å². The van der Waals surface area contributed by atoms with E-state index in [1.165, 1.54) is 0 Å². The number of hydrogen-bond donors (Lipinski definition) is 1. The van der Waals surface area contributed by atoms with Gasteiger partial charge in [0.1, 0.15) is 6.10 Å². The number of carbonyl (C=O) groups excluding carboxylic acids is 1. The van der Waals surface area contributed by atoms with E-state index in [0.29, 0.717) is 5.92 Å². The lowest BCUT2D eigenvalue weighted by atomic mass is 9.86. The van der Waals surface area contributed by atoms with Crippen LogP contribution in [0.5, 0.6) is 0 Å². The Labute approximate surface area is 170 Å². The maximum absolute atomic E-state index is 13.2. The molecule has 5 rings (SSSR count). The summed E-state index contributed by atoms with van der Waals surface area (Å²) in [4.78, 5) is 28.5. The molecule has 2 aromatic rings. The first-order chi connectivity index (χ1) is 14.0. The highest BCUT2D eigenvalue weighted by Gasteiger charge is 2.37. The molecule has 3 aliphatic rings. The van der Waals surface area contributed by atoms with Gasteiger partial charge in [-0.15, -0.1) is 0 Å². The number of piperidine rings is 3. The largest absolute Gasteiger partial charge is 0.478 e. The Morgan fingerprint density at radius 2 is 1.90 bits per heavy atom. The lowest BCUT2D eigenvalue weighted by Gasteiger charge is -2.44. The molecule has 0 unspecified atom stereocenters. The fourth-order valence-corrected chi connectivity index (χ4v) is 4.28. The summed E-state index contributed by atoms with van der Waals surface area (Å²) in [5.74, 6) is -0.553. The van der Waals surface area contributed by atoms with Gasteiger partial charge in [0.2, 0.25) is 0 Å². The normalized spacial score (nSPS) is 22.9. The summed E-state index contributed by atoms with van der Waals surface area (Å²) < 4.78 is 5.96. The van der Waals surface area contributed by atoms with E-state index in [1.54, 1.807) is 23.1 Å². The van der Waals surface area contributed by atoms with Crippen molar-refractivity contribution in [3.63, 3.8) is 0 Å². The Kier molecular flexibility index (Phi) is 5.53. The fraction of sp³-hybridized carbons (Fsp3) is 0.391. The van der Waals surface area contributed by atoms with Gasteiger partial charge in [-0.25, -0.2) is 9.59 Å². The lowest BCUT2D eigenvalue weighted by molar-refractivity contribution is -0.0311. The van der Waals surface area contributed by atoms with Gasteiger partial charge < -0.3 is 9.84 Å². The van der Waals surface area contributed by atoms with Crippen LogP contribution in [0, 0.1) is 12.8 Å². The molecule has 0 aliphatic carbocycles. The Balaban J connectivity index is 1.57. The molecule has 6 heteroatoms. The Morgan fingerprint density at radius 1 is 1.14 bits per heavy atom. The number of hydrogen-bond acceptors (Lipinski definition) is 4. The van der Waals surface area contributed by atoms with Crippen molar-refractivity contribution in [3.8, 4) is 0 Å². The molecule has 0 aromatic heterocycles. The summed E-state index contributed by atoms with van der Waals surface area (Å²) in [5.41, 5.74) is 2.74. The van der Waals surface area contributed by atoms with Crippen molar-refractivity contribution in [1.29, 1.82) is 0 Å². The first kappa shape index (κ1) is 19.5. The van der Waals surface area contributed by atoms with Crippen molar-refractivity contribution in [1.82, 2.24) is 4.90 Å².